The van der Waals surface area contributed by atoms with E-state index in [0.29, 0.717) is 34.0 Å². The third-order valence-corrected chi connectivity index (χ3v) is 6.84. The van der Waals surface area contributed by atoms with Gasteiger partial charge in [-0.25, -0.2) is 0 Å². The number of H-pyrrole nitrogens is 1. The fourth-order valence-electron chi connectivity index (χ4n) is 4.84. The molecule has 5 aromatic rings. The molecule has 2 amide bonds. The molecule has 0 fully saturated rings. The number of carbonyl (C=O) groups is 2. The zero-order valence-corrected chi connectivity index (χ0v) is 22.0. The van der Waals surface area contributed by atoms with Crippen molar-refractivity contribution in [2.45, 2.75) is 5.92 Å². The van der Waals surface area contributed by atoms with Crippen LogP contribution in [0.3, 0.4) is 0 Å². The fraction of sp³-hybridized carbons (Fsp3) is 0.125. The highest BCUT2D eigenvalue weighted by atomic mass is 16.5. The highest BCUT2D eigenvalue weighted by molar-refractivity contribution is 6.12. The summed E-state index contributed by atoms with van der Waals surface area (Å²) in [6.07, 6.45) is 1.79. The summed E-state index contributed by atoms with van der Waals surface area (Å²) in [6, 6.07) is 28.1. The summed E-state index contributed by atoms with van der Waals surface area (Å²) in [4.78, 5) is 31.3. The minimum atomic E-state index is -1.27. The third kappa shape index (κ3) is 5.47. The monoisotopic (exact) mass is 535 g/mol. The van der Waals surface area contributed by atoms with Crippen LogP contribution in [-0.2, 0) is 9.59 Å². The molecule has 1 atom stereocenters. The fourth-order valence-corrected chi connectivity index (χ4v) is 4.84. The molecule has 1 unspecified atom stereocenters. The Hall–Kier alpha value is -5.24. The minimum Gasteiger partial charge on any atom is -0.508 e. The summed E-state index contributed by atoms with van der Waals surface area (Å²) in [5, 5.41) is 17.6. The van der Waals surface area contributed by atoms with Gasteiger partial charge in [-0.15, -0.1) is 0 Å². The maximum atomic E-state index is 14.0. The number of hydrogen-bond acceptors (Lipinski definition) is 5. The summed E-state index contributed by atoms with van der Waals surface area (Å²) in [5.74, 6) is -1.90. The second-order valence-corrected chi connectivity index (χ2v) is 9.24. The molecular formula is C32H29N3O5. The van der Waals surface area contributed by atoms with Crippen LogP contribution in [0.2, 0.25) is 0 Å². The number of para-hydroxylation sites is 2. The molecule has 1 heterocycles. The molecule has 0 aliphatic heterocycles. The molecule has 8 heteroatoms. The van der Waals surface area contributed by atoms with E-state index in [1.165, 1.54) is 0 Å². The van der Waals surface area contributed by atoms with Crippen LogP contribution in [0.15, 0.2) is 103 Å². The van der Waals surface area contributed by atoms with Crippen LogP contribution in [0.25, 0.3) is 10.9 Å². The third-order valence-electron chi connectivity index (χ3n) is 6.84. The number of methoxy groups -OCH3 is 2. The van der Waals surface area contributed by atoms with Crippen molar-refractivity contribution in [2.24, 2.45) is 5.92 Å². The van der Waals surface area contributed by atoms with E-state index in [4.69, 9.17) is 9.47 Å². The van der Waals surface area contributed by atoms with Crippen molar-refractivity contribution in [3.05, 3.63) is 114 Å². The molecule has 0 bridgehead atoms. The first-order valence-electron chi connectivity index (χ1n) is 12.7. The molecular weight excluding hydrogens is 506 g/mol. The molecule has 0 spiro atoms. The maximum absolute atomic E-state index is 14.0. The molecule has 0 saturated heterocycles. The largest absolute Gasteiger partial charge is 0.508 e. The van der Waals surface area contributed by atoms with Crippen molar-refractivity contribution in [3.8, 4) is 17.2 Å². The molecule has 4 N–H and O–H groups in total. The molecule has 202 valence electrons. The number of anilines is 2. The van der Waals surface area contributed by atoms with Gasteiger partial charge in [0.05, 0.1) is 14.2 Å². The summed E-state index contributed by atoms with van der Waals surface area (Å²) in [6.45, 7) is 0. The second kappa shape index (κ2) is 11.7. The zero-order chi connectivity index (χ0) is 28.1. The number of hydrogen-bond donors (Lipinski definition) is 4. The van der Waals surface area contributed by atoms with Crippen LogP contribution in [0.4, 0.5) is 11.4 Å². The van der Waals surface area contributed by atoms with E-state index < -0.39 is 23.7 Å². The number of nitrogens with one attached hydrogen (secondary N) is 3. The number of benzene rings is 4. The van der Waals surface area contributed by atoms with Gasteiger partial charge in [-0.05, 0) is 66.2 Å². The van der Waals surface area contributed by atoms with E-state index in [2.05, 4.69) is 15.6 Å². The SMILES string of the molecule is COc1ccc(NC(=O)C(C(=O)Nc2ccc(OC)cc2)C(c2ccccc2O)c2c[nH]c3ccccc23)cc1. The van der Waals surface area contributed by atoms with Gasteiger partial charge in [0.2, 0.25) is 11.8 Å². The molecule has 1 aromatic heterocycles. The van der Waals surface area contributed by atoms with E-state index in [0.717, 1.165) is 10.9 Å². The first-order chi connectivity index (χ1) is 19.5. The van der Waals surface area contributed by atoms with Gasteiger partial charge in [0.25, 0.3) is 0 Å². The van der Waals surface area contributed by atoms with Gasteiger partial charge in [0, 0.05) is 40.0 Å². The van der Waals surface area contributed by atoms with Crippen molar-refractivity contribution in [2.75, 3.05) is 24.9 Å². The number of amides is 2. The number of ether oxygens (including phenoxy) is 2. The van der Waals surface area contributed by atoms with Crippen molar-refractivity contribution < 1.29 is 24.2 Å². The first kappa shape index (κ1) is 26.4. The maximum Gasteiger partial charge on any atom is 0.237 e. The zero-order valence-electron chi connectivity index (χ0n) is 22.0. The summed E-state index contributed by atoms with van der Waals surface area (Å²) in [7, 11) is 3.12. The van der Waals surface area contributed by atoms with E-state index in [1.54, 1.807) is 93.2 Å². The average Bonchev–Trinajstić information content (AvgIpc) is 3.41. The summed E-state index contributed by atoms with van der Waals surface area (Å²) >= 11 is 0. The number of rotatable bonds is 9. The van der Waals surface area contributed by atoms with Crippen molar-refractivity contribution in [3.63, 3.8) is 0 Å². The Balaban J connectivity index is 1.61. The topological polar surface area (TPSA) is 113 Å². The molecule has 5 rings (SSSR count). The lowest BCUT2D eigenvalue weighted by Gasteiger charge is -2.27. The average molecular weight is 536 g/mol. The molecule has 0 radical (unpaired) electrons. The van der Waals surface area contributed by atoms with Crippen LogP contribution in [0.5, 0.6) is 17.2 Å². The normalized spacial score (nSPS) is 11.7. The van der Waals surface area contributed by atoms with Crippen molar-refractivity contribution in [1.29, 1.82) is 0 Å². The highest BCUT2D eigenvalue weighted by Crippen LogP contribution is 2.41. The number of aromatic hydroxyl groups is 1. The van der Waals surface area contributed by atoms with Crippen LogP contribution in [0.1, 0.15) is 17.0 Å². The summed E-state index contributed by atoms with van der Waals surface area (Å²) in [5.41, 5.74) is 3.01. The number of aromatic nitrogens is 1. The van der Waals surface area contributed by atoms with Crippen molar-refractivity contribution >= 4 is 34.1 Å². The van der Waals surface area contributed by atoms with Crippen LogP contribution in [0, 0.1) is 5.92 Å². The van der Waals surface area contributed by atoms with Gasteiger partial charge in [-0.1, -0.05) is 36.4 Å². The minimum absolute atomic E-state index is 0.0164. The Morgan fingerprint density at radius 2 is 1.23 bits per heavy atom. The van der Waals surface area contributed by atoms with Crippen molar-refractivity contribution in [1.82, 2.24) is 4.98 Å². The van der Waals surface area contributed by atoms with E-state index in [1.807, 2.05) is 24.3 Å². The Labute approximate surface area is 231 Å². The van der Waals surface area contributed by atoms with Gasteiger partial charge < -0.3 is 30.2 Å². The molecule has 4 aromatic carbocycles. The molecule has 40 heavy (non-hydrogen) atoms. The number of carbonyl (C=O) groups excluding carboxylic acids is 2. The Kier molecular flexibility index (Phi) is 7.68. The van der Waals surface area contributed by atoms with E-state index >= 15 is 0 Å². The Morgan fingerprint density at radius 1 is 0.700 bits per heavy atom. The molecule has 0 aliphatic rings. The molecule has 0 aliphatic carbocycles. The van der Waals surface area contributed by atoms with Gasteiger partial charge in [0.1, 0.15) is 23.2 Å². The number of fused-ring (bicyclic) bond motifs is 1. The number of aromatic amines is 1. The van der Waals surface area contributed by atoms with Crippen LogP contribution < -0.4 is 20.1 Å². The lowest BCUT2D eigenvalue weighted by molar-refractivity contribution is -0.129. The standard InChI is InChI=1S/C32H29N3O5/c1-39-22-15-11-20(12-16-22)34-31(37)30(32(38)35-21-13-17-23(40-2)18-14-21)29(25-8-4-6-10-28(25)36)26-19-33-27-9-5-3-7-24(26)27/h3-19,29-30,33,36H,1-2H3,(H,34,37)(H,35,38). The van der Waals surface area contributed by atoms with Gasteiger partial charge in [-0.2, -0.15) is 0 Å². The first-order valence-corrected chi connectivity index (χ1v) is 12.7. The highest BCUT2D eigenvalue weighted by Gasteiger charge is 2.39. The number of phenolic OH excluding ortho intramolecular Hbond substituents is 1. The lowest BCUT2D eigenvalue weighted by Crippen LogP contribution is -2.38. The van der Waals surface area contributed by atoms with Crippen LogP contribution in [-0.4, -0.2) is 36.1 Å². The molecule has 8 nitrogen and oxygen atoms in total. The Morgan fingerprint density at radius 3 is 1.77 bits per heavy atom. The van der Waals surface area contributed by atoms with E-state index in [9.17, 15) is 14.7 Å². The molecule has 0 saturated carbocycles. The summed E-state index contributed by atoms with van der Waals surface area (Å²) < 4.78 is 10.4. The quantitative estimate of drug-likeness (QED) is 0.175. The number of phenols is 1. The lowest BCUT2D eigenvalue weighted by atomic mass is 9.79. The van der Waals surface area contributed by atoms with Crippen LogP contribution >= 0.6 is 0 Å². The van der Waals surface area contributed by atoms with Gasteiger partial charge in [0.15, 0.2) is 0 Å². The Bertz CT molecular complexity index is 1570. The van der Waals surface area contributed by atoms with Gasteiger partial charge >= 0.3 is 0 Å². The predicted molar refractivity (Wildman–Crippen MR) is 155 cm³/mol. The second-order valence-electron chi connectivity index (χ2n) is 9.24. The predicted octanol–water partition coefficient (Wildman–Crippen LogP) is 5.92. The van der Waals surface area contributed by atoms with E-state index in [-0.39, 0.29) is 5.75 Å². The van der Waals surface area contributed by atoms with Gasteiger partial charge in [-0.3, -0.25) is 9.59 Å². The smallest absolute Gasteiger partial charge is 0.237 e.